The van der Waals surface area contributed by atoms with Gasteiger partial charge in [0.1, 0.15) is 23.3 Å². The van der Waals surface area contributed by atoms with Crippen molar-refractivity contribution in [3.63, 3.8) is 0 Å². The van der Waals surface area contributed by atoms with Crippen molar-refractivity contribution in [1.29, 1.82) is 0 Å². The number of pyridine rings is 1. The molecule has 1 saturated heterocycles. The number of guanidine groups is 1. The maximum Gasteiger partial charge on any atom is 0.319 e. The number of hydrogen-bond donors (Lipinski definition) is 2. The molecular formula is C29H32ClN9O3. The van der Waals surface area contributed by atoms with E-state index in [9.17, 15) is 4.79 Å². The predicted octanol–water partition coefficient (Wildman–Crippen LogP) is 2.68. The first kappa shape index (κ1) is 27.6. The molecule has 2 amide bonds. The molecule has 4 heterocycles. The van der Waals surface area contributed by atoms with Gasteiger partial charge < -0.3 is 29.9 Å². The van der Waals surface area contributed by atoms with E-state index in [-0.39, 0.29) is 12.1 Å². The van der Waals surface area contributed by atoms with Gasteiger partial charge in [-0.05, 0) is 42.3 Å². The van der Waals surface area contributed by atoms with Crippen LogP contribution < -0.4 is 21.3 Å². The van der Waals surface area contributed by atoms with Gasteiger partial charge in [0.15, 0.2) is 5.65 Å². The van der Waals surface area contributed by atoms with Gasteiger partial charge in [-0.15, -0.1) is 10.2 Å². The Balaban J connectivity index is 1.22. The molecule has 0 radical (unpaired) electrons. The van der Waals surface area contributed by atoms with Crippen molar-refractivity contribution in [1.82, 2.24) is 24.4 Å². The number of rotatable bonds is 5. The van der Waals surface area contributed by atoms with Crippen molar-refractivity contribution in [2.75, 3.05) is 52.0 Å². The lowest BCUT2D eigenvalue weighted by Gasteiger charge is -2.21. The minimum atomic E-state index is 0.0448. The second-order valence-electron chi connectivity index (χ2n) is 10.5. The quantitative estimate of drug-likeness (QED) is 0.469. The van der Waals surface area contributed by atoms with Crippen LogP contribution in [0.3, 0.4) is 0 Å². The van der Waals surface area contributed by atoms with Crippen molar-refractivity contribution in [2.24, 2.45) is 9.98 Å². The Morgan fingerprint density at radius 2 is 1.93 bits per heavy atom. The fraction of sp³-hybridized carbons (Fsp3) is 0.345. The van der Waals surface area contributed by atoms with Gasteiger partial charge in [-0.2, -0.15) is 4.99 Å². The summed E-state index contributed by atoms with van der Waals surface area (Å²) in [6.45, 7) is 1.86. The monoisotopic (exact) mass is 589 g/mol. The van der Waals surface area contributed by atoms with Gasteiger partial charge in [-0.3, -0.25) is 4.40 Å². The molecule has 0 saturated carbocycles. The fourth-order valence-electron chi connectivity index (χ4n) is 5.36. The minimum absolute atomic E-state index is 0.0448. The number of nitrogens with zero attached hydrogens (tertiary/aromatic N) is 7. The molecule has 2 aliphatic heterocycles. The van der Waals surface area contributed by atoms with E-state index in [1.165, 1.54) is 0 Å². The standard InChI is InChI=1S/C29H32ClN9O3/c1-37(2)29(40)38-10-9-20(15-38)33-18-5-7-19(8-6-18)34-28-31-14-17-11-23(27-36-32-16-39(27)26(17)35-28)22-12-21(41-3)13-24(42-4)25(22)30/h5-8,11,13,16,20,33H,9-10,12,14-15H2,1-4H3,(H,31,34)/t20-/m0/s1. The van der Waals surface area contributed by atoms with E-state index in [1.807, 2.05) is 39.6 Å². The van der Waals surface area contributed by atoms with Gasteiger partial charge in [-0.1, -0.05) is 11.6 Å². The van der Waals surface area contributed by atoms with Crippen LogP contribution in [0.4, 0.5) is 16.2 Å². The zero-order chi connectivity index (χ0) is 29.4. The van der Waals surface area contributed by atoms with Gasteiger partial charge in [0.25, 0.3) is 0 Å². The molecule has 1 aliphatic carbocycles. The Labute approximate surface area is 247 Å². The molecule has 2 aromatic heterocycles. The molecule has 218 valence electrons. The Hall–Kier alpha value is -4.58. The summed E-state index contributed by atoms with van der Waals surface area (Å²) in [5, 5.41) is 16.7. The first-order valence-corrected chi connectivity index (χ1v) is 14.0. The lowest BCUT2D eigenvalue weighted by atomic mass is 10.0. The van der Waals surface area contributed by atoms with E-state index in [0.29, 0.717) is 47.4 Å². The summed E-state index contributed by atoms with van der Waals surface area (Å²) in [7, 11) is 6.76. The molecule has 12 nitrogen and oxygen atoms in total. The number of allylic oxidation sites excluding steroid dienone is 3. The summed E-state index contributed by atoms with van der Waals surface area (Å²) < 4.78 is 12.9. The molecular weight excluding hydrogens is 558 g/mol. The number of anilines is 2. The van der Waals surface area contributed by atoms with Crippen molar-refractivity contribution in [3.8, 4) is 0 Å². The number of amides is 2. The van der Waals surface area contributed by atoms with Crippen LogP contribution in [0.15, 0.2) is 69.3 Å². The van der Waals surface area contributed by atoms with Gasteiger partial charge >= 0.3 is 6.03 Å². The molecule has 2 N–H and O–H groups in total. The number of carbonyl (C=O) groups excluding carboxylic acids is 1. The lowest BCUT2D eigenvalue weighted by molar-refractivity contribution is 0.181. The van der Waals surface area contributed by atoms with E-state index < -0.39 is 0 Å². The highest BCUT2D eigenvalue weighted by Crippen LogP contribution is 2.33. The molecule has 3 aliphatic rings. The number of methoxy groups -OCH3 is 2. The third-order valence-corrected chi connectivity index (χ3v) is 7.93. The molecule has 0 bridgehead atoms. The van der Waals surface area contributed by atoms with Crippen molar-refractivity contribution >= 4 is 46.2 Å². The van der Waals surface area contributed by atoms with Crippen LogP contribution in [0.1, 0.15) is 18.4 Å². The Morgan fingerprint density at radius 1 is 1.14 bits per heavy atom. The number of ether oxygens (including phenoxy) is 2. The molecule has 0 spiro atoms. The topological polar surface area (TPSA) is 121 Å². The molecule has 13 heteroatoms. The molecule has 1 aromatic carbocycles. The van der Waals surface area contributed by atoms with E-state index in [4.69, 9.17) is 26.1 Å². The molecule has 1 fully saturated rings. The number of carbonyl (C=O) groups is 1. The predicted molar refractivity (Wildman–Crippen MR) is 161 cm³/mol. The highest BCUT2D eigenvalue weighted by molar-refractivity contribution is 6.36. The summed E-state index contributed by atoms with van der Waals surface area (Å²) >= 11 is 6.74. The van der Waals surface area contributed by atoms with Crippen LogP contribution in [0, 0.1) is 0 Å². The maximum absolute atomic E-state index is 12.2. The normalized spacial score (nSPS) is 19.5. The number of likely N-dealkylation sites (tertiary alicyclic amines) is 1. The smallest absolute Gasteiger partial charge is 0.319 e. The number of halogens is 1. The summed E-state index contributed by atoms with van der Waals surface area (Å²) in [6, 6.07) is 10.3. The highest BCUT2D eigenvalue weighted by Gasteiger charge is 2.27. The summed E-state index contributed by atoms with van der Waals surface area (Å²) in [4.78, 5) is 25.2. The van der Waals surface area contributed by atoms with Crippen molar-refractivity contribution in [2.45, 2.75) is 25.4 Å². The second-order valence-corrected chi connectivity index (χ2v) is 10.9. The number of hydrogen-bond acceptors (Lipinski definition) is 9. The van der Waals surface area contributed by atoms with Gasteiger partial charge in [0.2, 0.25) is 5.96 Å². The Bertz CT molecular complexity index is 1760. The van der Waals surface area contributed by atoms with Gasteiger partial charge in [0.05, 0.1) is 25.8 Å². The molecule has 0 unspecified atom stereocenters. The molecule has 3 aromatic rings. The van der Waals surface area contributed by atoms with Gasteiger partial charge in [0, 0.05) is 67.9 Å². The molecule has 6 rings (SSSR count). The third kappa shape index (κ3) is 5.25. The molecule has 1 atom stereocenters. The zero-order valence-electron chi connectivity index (χ0n) is 23.9. The fourth-order valence-corrected chi connectivity index (χ4v) is 5.66. The van der Waals surface area contributed by atoms with Crippen molar-refractivity contribution < 1.29 is 14.3 Å². The van der Waals surface area contributed by atoms with Crippen LogP contribution >= 0.6 is 11.6 Å². The third-order valence-electron chi connectivity index (χ3n) is 7.52. The highest BCUT2D eigenvalue weighted by atomic mass is 35.5. The number of urea groups is 1. The Morgan fingerprint density at radius 3 is 2.67 bits per heavy atom. The number of aliphatic imine (C=N–C) groups is 1. The van der Waals surface area contributed by atoms with E-state index in [1.54, 1.807) is 45.6 Å². The summed E-state index contributed by atoms with van der Waals surface area (Å²) in [6.07, 6.45) is 4.84. The largest absolute Gasteiger partial charge is 0.501 e. The van der Waals surface area contributed by atoms with Gasteiger partial charge in [-0.25, -0.2) is 9.79 Å². The number of nitrogens with one attached hydrogen (secondary N) is 2. The zero-order valence-corrected chi connectivity index (χ0v) is 24.6. The average molecular weight is 590 g/mol. The number of aromatic nitrogens is 3. The SMILES string of the molecule is COC1=CC(OC)=C(Cl)C(=c2cc3c(n4cnnc24)=NC(Nc2ccc(N[C@H]4CCN(C(=O)N(C)C)C4)cc2)=NC3)C1. The molecule has 42 heavy (non-hydrogen) atoms. The van der Waals surface area contributed by atoms with Crippen LogP contribution in [-0.2, 0) is 16.0 Å². The second kappa shape index (κ2) is 11.4. The maximum atomic E-state index is 12.2. The number of fused-ring (bicyclic) bond motifs is 3. The minimum Gasteiger partial charge on any atom is -0.501 e. The van der Waals surface area contributed by atoms with E-state index >= 15 is 0 Å². The van der Waals surface area contributed by atoms with Crippen LogP contribution in [0.25, 0.3) is 11.2 Å². The first-order valence-electron chi connectivity index (χ1n) is 13.6. The summed E-state index contributed by atoms with van der Waals surface area (Å²) in [5.41, 5.74) is 4.95. The van der Waals surface area contributed by atoms with Crippen LogP contribution in [0.5, 0.6) is 0 Å². The average Bonchev–Trinajstić information content (AvgIpc) is 3.68. The van der Waals surface area contributed by atoms with Crippen LogP contribution in [-0.4, -0.2) is 83.8 Å². The van der Waals surface area contributed by atoms with E-state index in [2.05, 4.69) is 25.8 Å². The summed E-state index contributed by atoms with van der Waals surface area (Å²) in [5.74, 6) is 1.76. The first-order chi connectivity index (χ1) is 20.3. The number of benzene rings is 1. The lowest BCUT2D eigenvalue weighted by Crippen LogP contribution is -2.38. The Kier molecular flexibility index (Phi) is 7.46. The van der Waals surface area contributed by atoms with Crippen molar-refractivity contribution in [3.05, 3.63) is 75.6 Å². The van der Waals surface area contributed by atoms with E-state index in [0.717, 1.165) is 46.5 Å². The van der Waals surface area contributed by atoms with Crippen LogP contribution in [0.2, 0.25) is 0 Å².